The first-order valence-corrected chi connectivity index (χ1v) is 10.9. The molecule has 6 nitrogen and oxygen atoms in total. The highest BCUT2D eigenvalue weighted by Crippen LogP contribution is 2.44. The van der Waals surface area contributed by atoms with E-state index in [2.05, 4.69) is 6.07 Å². The maximum absolute atomic E-state index is 12.8. The molecule has 0 amide bonds. The maximum atomic E-state index is 12.8. The van der Waals surface area contributed by atoms with Gasteiger partial charge < -0.3 is 19.6 Å². The van der Waals surface area contributed by atoms with Crippen LogP contribution in [0.3, 0.4) is 0 Å². The zero-order chi connectivity index (χ0) is 22.4. The van der Waals surface area contributed by atoms with Gasteiger partial charge in [0.2, 0.25) is 5.88 Å². The smallest absolute Gasteiger partial charge is 0.355 e. The number of hydrogen-bond acceptors (Lipinski definition) is 7. The predicted octanol–water partition coefficient (Wildman–Crippen LogP) is 6.24. The van der Waals surface area contributed by atoms with Gasteiger partial charge in [0.05, 0.1) is 22.2 Å². The molecule has 1 unspecified atom stereocenters. The third kappa shape index (κ3) is 3.30. The lowest BCUT2D eigenvalue weighted by atomic mass is 9.87. The van der Waals surface area contributed by atoms with Crippen molar-refractivity contribution in [2.24, 2.45) is 5.73 Å². The number of benzene rings is 2. The van der Waals surface area contributed by atoms with Crippen molar-refractivity contribution in [3.63, 3.8) is 0 Å². The predicted molar refractivity (Wildman–Crippen MR) is 121 cm³/mol. The van der Waals surface area contributed by atoms with E-state index in [1.54, 1.807) is 42.5 Å². The second kappa shape index (κ2) is 7.92. The number of allylic oxidation sites excluding steroid dienone is 1. The number of rotatable bonds is 3. The highest BCUT2D eigenvalue weighted by atomic mass is 35.5. The third-order valence-corrected chi connectivity index (χ3v) is 6.96. The largest absolute Gasteiger partial charge is 0.468 e. The fourth-order valence-corrected chi connectivity index (χ4v) is 5.43. The summed E-state index contributed by atoms with van der Waals surface area (Å²) in [5, 5.41) is 10.9. The van der Waals surface area contributed by atoms with Gasteiger partial charge in [-0.25, -0.2) is 4.79 Å². The van der Waals surface area contributed by atoms with Crippen LogP contribution < -0.4 is 15.2 Å². The number of fused-ring (bicyclic) bond motifs is 2. The first-order valence-electron chi connectivity index (χ1n) is 9.31. The summed E-state index contributed by atoms with van der Waals surface area (Å²) in [5.74, 6) is -0.0345. The zero-order valence-electron chi connectivity index (χ0n) is 16.1. The van der Waals surface area contributed by atoms with Crippen molar-refractivity contribution in [1.29, 1.82) is 5.26 Å². The van der Waals surface area contributed by atoms with E-state index in [1.807, 2.05) is 6.07 Å². The quantitative estimate of drug-likeness (QED) is 0.274. The van der Waals surface area contributed by atoms with Crippen molar-refractivity contribution in [2.45, 2.75) is 5.92 Å². The molecule has 2 aromatic carbocycles. The molecule has 0 spiro atoms. The number of furan rings is 1. The molecular weight excluding hydrogens is 471 g/mol. The van der Waals surface area contributed by atoms with Crippen LogP contribution in [0.2, 0.25) is 10.0 Å². The van der Waals surface area contributed by atoms with E-state index in [4.69, 9.17) is 42.8 Å². The summed E-state index contributed by atoms with van der Waals surface area (Å²) in [7, 11) is 0. The fraction of sp³-hybridized carbons (Fsp3) is 0.0435. The lowest BCUT2D eigenvalue weighted by molar-refractivity contribution is 0.0740. The van der Waals surface area contributed by atoms with Crippen LogP contribution in [0.5, 0.6) is 11.5 Å². The van der Waals surface area contributed by atoms with Gasteiger partial charge in [-0.2, -0.15) is 5.26 Å². The van der Waals surface area contributed by atoms with Crippen LogP contribution in [-0.2, 0) is 0 Å². The molecule has 9 heteroatoms. The van der Waals surface area contributed by atoms with Crippen LogP contribution in [0, 0.1) is 11.3 Å². The summed E-state index contributed by atoms with van der Waals surface area (Å²) in [4.78, 5) is 13.1. The summed E-state index contributed by atoms with van der Waals surface area (Å²) < 4.78 is 17.5. The van der Waals surface area contributed by atoms with Gasteiger partial charge in [0.1, 0.15) is 33.8 Å². The summed E-state index contributed by atoms with van der Waals surface area (Å²) in [6.45, 7) is 0. The van der Waals surface area contributed by atoms with Gasteiger partial charge in [0, 0.05) is 21.7 Å². The monoisotopic (exact) mass is 482 g/mol. The highest BCUT2D eigenvalue weighted by molar-refractivity contribution is 7.21. The lowest BCUT2D eigenvalue weighted by Gasteiger charge is -2.25. The van der Waals surface area contributed by atoms with Gasteiger partial charge in [-0.15, -0.1) is 11.3 Å². The number of nitriles is 1. The fourth-order valence-electron chi connectivity index (χ4n) is 3.60. The third-order valence-electron chi connectivity index (χ3n) is 5.02. The molecule has 32 heavy (non-hydrogen) atoms. The van der Waals surface area contributed by atoms with E-state index in [1.165, 1.54) is 17.6 Å². The molecule has 0 radical (unpaired) electrons. The molecule has 0 aliphatic carbocycles. The SMILES string of the molecule is N#CC1=C(N)Oc2cc(OC(=O)c3sc4cccc(Cl)c4c3Cl)ccc2C1c1ccco1. The number of nitrogens with two attached hydrogens (primary N) is 1. The van der Waals surface area contributed by atoms with Crippen LogP contribution >= 0.6 is 34.5 Å². The van der Waals surface area contributed by atoms with Crippen molar-refractivity contribution < 1.29 is 18.7 Å². The van der Waals surface area contributed by atoms with E-state index < -0.39 is 11.9 Å². The highest BCUT2D eigenvalue weighted by Gasteiger charge is 2.33. The Labute approximate surface area is 196 Å². The molecule has 4 aromatic rings. The van der Waals surface area contributed by atoms with Gasteiger partial charge in [0.15, 0.2) is 0 Å². The average molecular weight is 483 g/mol. The van der Waals surface area contributed by atoms with Crippen molar-refractivity contribution in [3.05, 3.63) is 92.5 Å². The Balaban J connectivity index is 1.49. The Morgan fingerprint density at radius 3 is 2.75 bits per heavy atom. The Hall–Kier alpha value is -3.44. The summed E-state index contributed by atoms with van der Waals surface area (Å²) in [6, 6.07) is 15.8. The lowest BCUT2D eigenvalue weighted by Crippen LogP contribution is -2.21. The second-order valence-corrected chi connectivity index (χ2v) is 8.72. The van der Waals surface area contributed by atoms with Gasteiger partial charge in [-0.3, -0.25) is 0 Å². The van der Waals surface area contributed by atoms with E-state index in [0.29, 0.717) is 27.5 Å². The topological polar surface area (TPSA) is 98.5 Å². The summed E-state index contributed by atoms with van der Waals surface area (Å²) >= 11 is 13.8. The molecule has 1 aliphatic heterocycles. The summed E-state index contributed by atoms with van der Waals surface area (Å²) in [6.07, 6.45) is 1.52. The molecular formula is C23H12Cl2N2O4S. The Morgan fingerprint density at radius 1 is 1.19 bits per heavy atom. The van der Waals surface area contributed by atoms with Crippen LogP contribution in [0.4, 0.5) is 0 Å². The molecule has 5 rings (SSSR count). The molecule has 0 saturated carbocycles. The zero-order valence-corrected chi connectivity index (χ0v) is 18.4. The number of thiophene rings is 1. The normalized spacial score (nSPS) is 15.2. The van der Waals surface area contributed by atoms with Crippen molar-refractivity contribution in [3.8, 4) is 17.6 Å². The van der Waals surface area contributed by atoms with Gasteiger partial charge in [-0.05, 0) is 30.3 Å². The first kappa shape index (κ1) is 20.5. The Kier molecular flexibility index (Phi) is 5.06. The minimum Gasteiger partial charge on any atom is -0.468 e. The van der Waals surface area contributed by atoms with Gasteiger partial charge in [-0.1, -0.05) is 35.3 Å². The number of carbonyl (C=O) groups is 1. The Bertz CT molecular complexity index is 1450. The number of halogens is 2. The number of nitrogens with zero attached hydrogens (tertiary/aromatic N) is 1. The van der Waals surface area contributed by atoms with Crippen molar-refractivity contribution in [1.82, 2.24) is 0 Å². The van der Waals surface area contributed by atoms with Crippen LogP contribution in [0.1, 0.15) is 26.9 Å². The van der Waals surface area contributed by atoms with Crippen LogP contribution in [-0.4, -0.2) is 5.97 Å². The van der Waals surface area contributed by atoms with Gasteiger partial charge >= 0.3 is 5.97 Å². The molecule has 0 bridgehead atoms. The van der Waals surface area contributed by atoms with Crippen molar-refractivity contribution >= 4 is 50.6 Å². The molecule has 3 heterocycles. The molecule has 1 aliphatic rings. The number of esters is 1. The van der Waals surface area contributed by atoms with Crippen molar-refractivity contribution in [2.75, 3.05) is 0 Å². The number of hydrogen-bond donors (Lipinski definition) is 1. The van der Waals surface area contributed by atoms with E-state index in [9.17, 15) is 10.1 Å². The summed E-state index contributed by atoms with van der Waals surface area (Å²) in [5.41, 5.74) is 6.88. The van der Waals surface area contributed by atoms with E-state index in [0.717, 1.165) is 4.70 Å². The van der Waals surface area contributed by atoms with E-state index in [-0.39, 0.29) is 27.1 Å². The molecule has 158 valence electrons. The second-order valence-electron chi connectivity index (χ2n) is 6.89. The number of ether oxygens (including phenoxy) is 2. The first-order chi connectivity index (χ1) is 15.5. The Morgan fingerprint density at radius 2 is 2.03 bits per heavy atom. The van der Waals surface area contributed by atoms with Gasteiger partial charge in [0.25, 0.3) is 0 Å². The van der Waals surface area contributed by atoms with Crippen LogP contribution in [0.15, 0.2) is 70.7 Å². The number of carbonyl (C=O) groups excluding carboxylic acids is 1. The maximum Gasteiger partial charge on any atom is 0.355 e. The van der Waals surface area contributed by atoms with E-state index >= 15 is 0 Å². The molecule has 2 N–H and O–H groups in total. The van der Waals surface area contributed by atoms with Crippen LogP contribution in [0.25, 0.3) is 10.1 Å². The molecule has 0 fully saturated rings. The average Bonchev–Trinajstić information content (AvgIpc) is 3.41. The standard InChI is InChI=1S/C23H12Cl2N2O4S/c24-14-3-1-5-17-19(14)20(25)21(32-17)23(28)30-11-6-7-12-16(9-11)31-22(27)13(10-26)18(12)15-4-2-8-29-15/h1-9,18H,27H2. The minimum absolute atomic E-state index is 0.0351. The molecule has 2 aromatic heterocycles. The molecule has 0 saturated heterocycles. The minimum atomic E-state index is -0.619. The molecule has 1 atom stereocenters.